The average Bonchev–Trinajstić information content (AvgIpc) is 3.55. The predicted octanol–water partition coefficient (Wildman–Crippen LogP) is 5.07. The van der Waals surface area contributed by atoms with E-state index in [-0.39, 0.29) is 16.7 Å². The fourth-order valence-corrected chi connectivity index (χ4v) is 5.03. The second kappa shape index (κ2) is 9.97. The molecule has 1 amide bonds. The van der Waals surface area contributed by atoms with Crippen molar-refractivity contribution in [2.75, 3.05) is 37.1 Å². The molecule has 1 unspecified atom stereocenters. The highest BCUT2D eigenvalue weighted by atomic mass is 19.1. The van der Waals surface area contributed by atoms with Crippen LogP contribution >= 0.6 is 0 Å². The molecule has 3 aromatic rings. The number of rotatable bonds is 6. The summed E-state index contributed by atoms with van der Waals surface area (Å²) in [4.78, 5) is 30.2. The van der Waals surface area contributed by atoms with Crippen LogP contribution in [0.3, 0.4) is 0 Å². The molecule has 5 rings (SSSR count). The predicted molar refractivity (Wildman–Crippen MR) is 139 cm³/mol. The molecule has 8 heteroatoms. The number of aliphatic hydroxyl groups is 1. The fourth-order valence-electron chi connectivity index (χ4n) is 5.03. The summed E-state index contributed by atoms with van der Waals surface area (Å²) >= 11 is 0. The zero-order valence-corrected chi connectivity index (χ0v) is 20.6. The molecular formula is C29H27FN2O5. The molecule has 190 valence electrons. The van der Waals surface area contributed by atoms with Crippen LogP contribution in [0.25, 0.3) is 5.76 Å². The lowest BCUT2D eigenvalue weighted by Gasteiger charge is -2.26. The molecule has 0 aromatic heterocycles. The summed E-state index contributed by atoms with van der Waals surface area (Å²) in [6.07, 6.45) is 2.25. The summed E-state index contributed by atoms with van der Waals surface area (Å²) in [5, 5.41) is 11.3. The van der Waals surface area contributed by atoms with E-state index in [4.69, 9.17) is 9.47 Å². The molecule has 37 heavy (non-hydrogen) atoms. The van der Waals surface area contributed by atoms with Gasteiger partial charge in [-0.25, -0.2) is 4.39 Å². The van der Waals surface area contributed by atoms with Gasteiger partial charge < -0.3 is 19.5 Å². The Morgan fingerprint density at radius 3 is 2.19 bits per heavy atom. The number of hydrogen-bond acceptors (Lipinski definition) is 6. The summed E-state index contributed by atoms with van der Waals surface area (Å²) in [6, 6.07) is 16.7. The summed E-state index contributed by atoms with van der Waals surface area (Å²) in [5.41, 5.74) is 1.59. The third-order valence-electron chi connectivity index (χ3n) is 6.90. The van der Waals surface area contributed by atoms with E-state index in [1.54, 1.807) is 30.3 Å². The standard InChI is InChI=1S/C29H27FN2O5/c1-36-23-14-9-18(17-24(23)37-2)27(33)25-26(21-7-3-4-8-22(21)30)32(29(35)28(25)34)20-12-10-19(11-13-20)31-15-5-6-16-31/h3-4,7-14,17,26,33H,5-6,15-16H2,1-2H3/b27-25+. The van der Waals surface area contributed by atoms with Gasteiger partial charge in [0, 0.05) is 35.6 Å². The average molecular weight is 503 g/mol. The Morgan fingerprint density at radius 1 is 0.892 bits per heavy atom. The lowest BCUT2D eigenvalue weighted by Crippen LogP contribution is -2.30. The van der Waals surface area contributed by atoms with Crippen molar-refractivity contribution in [2.45, 2.75) is 18.9 Å². The van der Waals surface area contributed by atoms with Gasteiger partial charge in [0.05, 0.1) is 25.8 Å². The van der Waals surface area contributed by atoms with Crippen molar-refractivity contribution in [3.05, 3.63) is 89.2 Å². The lowest BCUT2D eigenvalue weighted by molar-refractivity contribution is -0.132. The number of carbonyl (C=O) groups is 2. The van der Waals surface area contributed by atoms with E-state index in [9.17, 15) is 14.7 Å². The van der Waals surface area contributed by atoms with Gasteiger partial charge in [-0.05, 0) is 61.4 Å². The van der Waals surface area contributed by atoms with Gasteiger partial charge in [0.15, 0.2) is 11.5 Å². The van der Waals surface area contributed by atoms with Crippen LogP contribution in [0, 0.1) is 5.82 Å². The minimum atomic E-state index is -1.16. The van der Waals surface area contributed by atoms with Crippen LogP contribution in [0.4, 0.5) is 15.8 Å². The van der Waals surface area contributed by atoms with Crippen LogP contribution in [-0.4, -0.2) is 44.1 Å². The number of carbonyl (C=O) groups excluding carboxylic acids is 2. The molecular weight excluding hydrogens is 475 g/mol. The number of benzene rings is 3. The van der Waals surface area contributed by atoms with Crippen LogP contribution in [0.5, 0.6) is 11.5 Å². The van der Waals surface area contributed by atoms with E-state index in [0.29, 0.717) is 17.2 Å². The summed E-state index contributed by atoms with van der Waals surface area (Å²) < 4.78 is 25.7. The number of anilines is 2. The highest BCUT2D eigenvalue weighted by Gasteiger charge is 2.47. The van der Waals surface area contributed by atoms with Crippen molar-refractivity contribution >= 4 is 28.8 Å². The number of aliphatic hydroxyl groups excluding tert-OH is 1. The first-order valence-corrected chi connectivity index (χ1v) is 12.1. The van der Waals surface area contributed by atoms with Gasteiger partial charge in [-0.1, -0.05) is 18.2 Å². The fraction of sp³-hybridized carbons (Fsp3) is 0.241. The molecule has 1 atom stereocenters. The van der Waals surface area contributed by atoms with Crippen LogP contribution in [0.2, 0.25) is 0 Å². The highest BCUT2D eigenvalue weighted by molar-refractivity contribution is 6.51. The van der Waals surface area contributed by atoms with Crippen molar-refractivity contribution in [3.63, 3.8) is 0 Å². The Labute approximate surface area is 214 Å². The molecule has 3 aromatic carbocycles. The first-order chi connectivity index (χ1) is 17.9. The number of amides is 1. The molecule has 2 aliphatic heterocycles. The Bertz CT molecular complexity index is 1380. The zero-order chi connectivity index (χ0) is 26.1. The number of methoxy groups -OCH3 is 2. The van der Waals surface area contributed by atoms with Gasteiger partial charge in [-0.2, -0.15) is 0 Å². The van der Waals surface area contributed by atoms with Crippen molar-refractivity contribution in [1.82, 2.24) is 0 Å². The smallest absolute Gasteiger partial charge is 0.300 e. The lowest BCUT2D eigenvalue weighted by atomic mass is 9.94. The second-order valence-corrected chi connectivity index (χ2v) is 8.97. The Kier molecular flexibility index (Phi) is 6.56. The third kappa shape index (κ3) is 4.28. The Hall–Kier alpha value is -4.33. The Balaban J connectivity index is 1.65. The number of nitrogens with zero attached hydrogens (tertiary/aromatic N) is 2. The van der Waals surface area contributed by atoms with Crippen molar-refractivity contribution in [3.8, 4) is 11.5 Å². The maximum atomic E-state index is 15.1. The molecule has 1 N–H and O–H groups in total. The highest BCUT2D eigenvalue weighted by Crippen LogP contribution is 2.44. The van der Waals surface area contributed by atoms with E-state index in [0.717, 1.165) is 31.6 Å². The molecule has 2 saturated heterocycles. The first-order valence-electron chi connectivity index (χ1n) is 12.1. The van der Waals surface area contributed by atoms with Crippen LogP contribution in [-0.2, 0) is 9.59 Å². The maximum Gasteiger partial charge on any atom is 0.300 e. The van der Waals surface area contributed by atoms with E-state index in [1.165, 1.54) is 43.4 Å². The maximum absolute atomic E-state index is 15.1. The van der Waals surface area contributed by atoms with Gasteiger partial charge in [-0.3, -0.25) is 14.5 Å². The molecule has 2 heterocycles. The van der Waals surface area contributed by atoms with Crippen molar-refractivity contribution < 1.29 is 28.6 Å². The number of hydrogen-bond donors (Lipinski definition) is 1. The minimum Gasteiger partial charge on any atom is -0.507 e. The molecule has 7 nitrogen and oxygen atoms in total. The number of Topliss-reactive ketones (excluding diaryl/α,β-unsaturated/α-hetero) is 1. The number of halogens is 1. The summed E-state index contributed by atoms with van der Waals surface area (Å²) in [6.45, 7) is 1.93. The van der Waals surface area contributed by atoms with Crippen molar-refractivity contribution in [1.29, 1.82) is 0 Å². The molecule has 0 radical (unpaired) electrons. The van der Waals surface area contributed by atoms with Crippen LogP contribution in [0.1, 0.15) is 30.0 Å². The quantitative estimate of drug-likeness (QED) is 0.288. The Morgan fingerprint density at radius 2 is 1.54 bits per heavy atom. The minimum absolute atomic E-state index is 0.104. The number of ketones is 1. The van der Waals surface area contributed by atoms with Gasteiger partial charge in [0.1, 0.15) is 11.6 Å². The van der Waals surface area contributed by atoms with Gasteiger partial charge in [0.2, 0.25) is 0 Å². The second-order valence-electron chi connectivity index (χ2n) is 8.97. The normalized spacial score (nSPS) is 18.9. The molecule has 0 aliphatic carbocycles. The summed E-state index contributed by atoms with van der Waals surface area (Å²) in [7, 11) is 2.93. The van der Waals surface area contributed by atoms with E-state index < -0.39 is 29.3 Å². The molecule has 0 bridgehead atoms. The first kappa shape index (κ1) is 24.4. The van der Waals surface area contributed by atoms with Crippen LogP contribution in [0.15, 0.2) is 72.3 Å². The molecule has 2 aliphatic rings. The van der Waals surface area contributed by atoms with Gasteiger partial charge in [0.25, 0.3) is 11.7 Å². The molecule has 0 saturated carbocycles. The topological polar surface area (TPSA) is 79.3 Å². The van der Waals surface area contributed by atoms with E-state index in [1.807, 2.05) is 12.1 Å². The van der Waals surface area contributed by atoms with Gasteiger partial charge in [-0.15, -0.1) is 0 Å². The van der Waals surface area contributed by atoms with E-state index >= 15 is 4.39 Å². The summed E-state index contributed by atoms with van der Waals surface area (Å²) in [5.74, 6) is -1.99. The molecule has 0 spiro atoms. The van der Waals surface area contributed by atoms with Crippen molar-refractivity contribution in [2.24, 2.45) is 0 Å². The zero-order valence-electron chi connectivity index (χ0n) is 20.6. The SMILES string of the molecule is COc1ccc(/C(O)=C2\C(=O)C(=O)N(c3ccc(N4CCCC4)cc3)C2c2ccccc2F)cc1OC. The molecule has 2 fully saturated rings. The number of ether oxygens (including phenoxy) is 2. The van der Waals surface area contributed by atoms with Crippen LogP contribution < -0.4 is 19.3 Å². The largest absolute Gasteiger partial charge is 0.507 e. The monoisotopic (exact) mass is 502 g/mol. The van der Waals surface area contributed by atoms with E-state index in [2.05, 4.69) is 4.90 Å². The third-order valence-corrected chi connectivity index (χ3v) is 6.90. The van der Waals surface area contributed by atoms with Gasteiger partial charge >= 0.3 is 0 Å².